The van der Waals surface area contributed by atoms with Crippen LogP contribution in [0.25, 0.3) is 0 Å². The number of anilines is 1. The number of aliphatic imine (C=N–C) groups is 1. The molecule has 0 fully saturated rings. The zero-order valence-electron chi connectivity index (χ0n) is 10.4. The van der Waals surface area contributed by atoms with Gasteiger partial charge in [-0.3, -0.25) is 4.99 Å². The standard InChI is InChI=1S/C13H16Cl2N2S/c1-8(2)3-12-7-16-13(18-12)17-11-5-9(14)4-10(15)6-11/h4-6,8,12H,3,7H2,1-2H3,(H,16,17). The van der Waals surface area contributed by atoms with E-state index in [2.05, 4.69) is 24.2 Å². The van der Waals surface area contributed by atoms with Crippen molar-refractivity contribution in [1.29, 1.82) is 0 Å². The summed E-state index contributed by atoms with van der Waals surface area (Å²) in [5.74, 6) is 0.706. The number of amidine groups is 1. The molecule has 1 N–H and O–H groups in total. The Balaban J connectivity index is 1.95. The first kappa shape index (κ1) is 14.0. The zero-order valence-corrected chi connectivity index (χ0v) is 12.7. The average molecular weight is 303 g/mol. The van der Waals surface area contributed by atoms with Crippen molar-refractivity contribution in [3.05, 3.63) is 28.2 Å². The molecule has 0 saturated heterocycles. The Bertz CT molecular complexity index is 440. The van der Waals surface area contributed by atoms with Gasteiger partial charge in [-0.15, -0.1) is 0 Å². The molecule has 0 amide bonds. The van der Waals surface area contributed by atoms with Crippen LogP contribution in [0.15, 0.2) is 23.2 Å². The second-order valence-electron chi connectivity index (χ2n) is 4.80. The maximum Gasteiger partial charge on any atom is 0.161 e. The zero-order chi connectivity index (χ0) is 13.1. The van der Waals surface area contributed by atoms with Gasteiger partial charge < -0.3 is 5.32 Å². The minimum Gasteiger partial charge on any atom is -0.335 e. The molecule has 2 rings (SSSR count). The summed E-state index contributed by atoms with van der Waals surface area (Å²) in [5, 5.41) is 6.08. The van der Waals surface area contributed by atoms with Gasteiger partial charge in [-0.1, -0.05) is 48.8 Å². The number of nitrogens with zero attached hydrogens (tertiary/aromatic N) is 1. The van der Waals surface area contributed by atoms with Crippen molar-refractivity contribution in [1.82, 2.24) is 0 Å². The lowest BCUT2D eigenvalue weighted by molar-refractivity contribution is 0.575. The van der Waals surface area contributed by atoms with E-state index >= 15 is 0 Å². The van der Waals surface area contributed by atoms with Crippen LogP contribution in [0.1, 0.15) is 20.3 Å². The van der Waals surface area contributed by atoms with Crippen LogP contribution >= 0.6 is 35.0 Å². The van der Waals surface area contributed by atoms with Crippen LogP contribution in [0.2, 0.25) is 10.0 Å². The molecular weight excluding hydrogens is 287 g/mol. The SMILES string of the molecule is CC(C)CC1CN=C(Nc2cc(Cl)cc(Cl)c2)S1. The first-order chi connectivity index (χ1) is 8.52. The minimum absolute atomic E-state index is 0.585. The highest BCUT2D eigenvalue weighted by atomic mass is 35.5. The molecule has 1 aromatic carbocycles. The number of benzene rings is 1. The van der Waals surface area contributed by atoms with Crippen molar-refractivity contribution in [2.24, 2.45) is 10.9 Å². The summed E-state index contributed by atoms with van der Waals surface area (Å²) in [5.41, 5.74) is 0.893. The molecule has 2 nitrogen and oxygen atoms in total. The summed E-state index contributed by atoms with van der Waals surface area (Å²) >= 11 is 13.7. The van der Waals surface area contributed by atoms with E-state index in [0.29, 0.717) is 21.2 Å². The van der Waals surface area contributed by atoms with Gasteiger partial charge in [-0.25, -0.2) is 0 Å². The third-order valence-electron chi connectivity index (χ3n) is 2.56. The van der Waals surface area contributed by atoms with E-state index in [0.717, 1.165) is 17.4 Å². The highest BCUT2D eigenvalue weighted by Crippen LogP contribution is 2.29. The van der Waals surface area contributed by atoms with E-state index in [1.807, 2.05) is 12.1 Å². The molecule has 5 heteroatoms. The summed E-state index contributed by atoms with van der Waals surface area (Å²) in [6, 6.07) is 5.43. The Hall–Kier alpha value is -0.380. The number of nitrogens with one attached hydrogen (secondary N) is 1. The third kappa shape index (κ3) is 4.08. The Morgan fingerprint density at radius 2 is 2.00 bits per heavy atom. The van der Waals surface area contributed by atoms with Gasteiger partial charge in [0.2, 0.25) is 0 Å². The number of hydrogen-bond acceptors (Lipinski definition) is 3. The van der Waals surface area contributed by atoms with Crippen molar-refractivity contribution >= 4 is 45.8 Å². The molecule has 1 atom stereocenters. The third-order valence-corrected chi connectivity index (χ3v) is 4.13. The van der Waals surface area contributed by atoms with Crippen molar-refractivity contribution in [3.63, 3.8) is 0 Å². The predicted molar refractivity (Wildman–Crippen MR) is 83.2 cm³/mol. The topological polar surface area (TPSA) is 24.4 Å². The van der Waals surface area contributed by atoms with Crippen LogP contribution < -0.4 is 5.32 Å². The largest absolute Gasteiger partial charge is 0.335 e. The van der Waals surface area contributed by atoms with Crippen LogP contribution in [-0.4, -0.2) is 17.0 Å². The second kappa shape index (κ2) is 6.18. The molecule has 98 valence electrons. The fourth-order valence-electron chi connectivity index (χ4n) is 1.88. The molecule has 0 aromatic heterocycles. The van der Waals surface area contributed by atoms with E-state index in [-0.39, 0.29) is 0 Å². The van der Waals surface area contributed by atoms with Gasteiger partial charge in [0.05, 0.1) is 6.54 Å². The first-order valence-corrected chi connectivity index (χ1v) is 7.60. The molecule has 1 aliphatic rings. The summed E-state index contributed by atoms with van der Waals surface area (Å²) in [4.78, 5) is 4.51. The van der Waals surface area contributed by atoms with E-state index in [1.165, 1.54) is 6.42 Å². The van der Waals surface area contributed by atoms with Gasteiger partial charge in [0, 0.05) is 21.0 Å². The minimum atomic E-state index is 0.585. The normalized spacial score (nSPS) is 19.2. The molecule has 18 heavy (non-hydrogen) atoms. The maximum absolute atomic E-state index is 5.96. The first-order valence-electron chi connectivity index (χ1n) is 5.97. The van der Waals surface area contributed by atoms with Crippen molar-refractivity contribution < 1.29 is 0 Å². The molecule has 0 aliphatic carbocycles. The van der Waals surface area contributed by atoms with Gasteiger partial charge >= 0.3 is 0 Å². The number of thioether (sulfide) groups is 1. The highest BCUT2D eigenvalue weighted by Gasteiger charge is 2.20. The molecule has 1 heterocycles. The molecular formula is C13H16Cl2N2S. The van der Waals surface area contributed by atoms with Crippen molar-refractivity contribution in [2.45, 2.75) is 25.5 Å². The Morgan fingerprint density at radius 1 is 1.33 bits per heavy atom. The molecule has 1 aromatic rings. The Morgan fingerprint density at radius 3 is 2.61 bits per heavy atom. The lowest BCUT2D eigenvalue weighted by atomic mass is 10.1. The summed E-state index contributed by atoms with van der Waals surface area (Å²) in [6.45, 7) is 5.37. The lowest BCUT2D eigenvalue weighted by Crippen LogP contribution is -2.09. The van der Waals surface area contributed by atoms with Crippen LogP contribution in [-0.2, 0) is 0 Å². The molecule has 1 unspecified atom stereocenters. The molecule has 0 radical (unpaired) electrons. The number of halogens is 2. The molecule has 1 aliphatic heterocycles. The summed E-state index contributed by atoms with van der Waals surface area (Å²) in [6.07, 6.45) is 1.19. The maximum atomic E-state index is 5.96. The summed E-state index contributed by atoms with van der Waals surface area (Å²) in [7, 11) is 0. The van der Waals surface area contributed by atoms with Gasteiger partial charge in [0.15, 0.2) is 5.17 Å². The molecule has 0 bridgehead atoms. The Labute approximate surface area is 122 Å². The molecule has 0 saturated carbocycles. The molecule has 0 spiro atoms. The fourth-order valence-corrected chi connectivity index (χ4v) is 3.68. The van der Waals surface area contributed by atoms with Crippen molar-refractivity contribution in [2.75, 3.05) is 11.9 Å². The van der Waals surface area contributed by atoms with Gasteiger partial charge in [0.25, 0.3) is 0 Å². The van der Waals surface area contributed by atoms with E-state index in [1.54, 1.807) is 17.8 Å². The summed E-state index contributed by atoms with van der Waals surface area (Å²) < 4.78 is 0. The van der Waals surface area contributed by atoms with Gasteiger partial charge in [0.1, 0.15) is 0 Å². The number of rotatable bonds is 3. The van der Waals surface area contributed by atoms with Crippen LogP contribution in [0, 0.1) is 5.92 Å². The van der Waals surface area contributed by atoms with E-state index in [4.69, 9.17) is 23.2 Å². The monoisotopic (exact) mass is 302 g/mol. The highest BCUT2D eigenvalue weighted by molar-refractivity contribution is 8.15. The lowest BCUT2D eigenvalue weighted by Gasteiger charge is -2.11. The number of hydrogen-bond donors (Lipinski definition) is 1. The quantitative estimate of drug-likeness (QED) is 0.857. The van der Waals surface area contributed by atoms with E-state index in [9.17, 15) is 0 Å². The van der Waals surface area contributed by atoms with Gasteiger partial charge in [-0.2, -0.15) is 0 Å². The van der Waals surface area contributed by atoms with Crippen LogP contribution in [0.4, 0.5) is 5.69 Å². The van der Waals surface area contributed by atoms with Crippen LogP contribution in [0.5, 0.6) is 0 Å². The smallest absolute Gasteiger partial charge is 0.161 e. The predicted octanol–water partition coefficient (Wildman–Crippen LogP) is 4.92. The fraction of sp³-hybridized carbons (Fsp3) is 0.462. The van der Waals surface area contributed by atoms with E-state index < -0.39 is 0 Å². The average Bonchev–Trinajstić information content (AvgIpc) is 2.62. The van der Waals surface area contributed by atoms with Crippen molar-refractivity contribution in [3.8, 4) is 0 Å². The second-order valence-corrected chi connectivity index (χ2v) is 6.96. The van der Waals surface area contributed by atoms with Crippen LogP contribution in [0.3, 0.4) is 0 Å². The van der Waals surface area contributed by atoms with Gasteiger partial charge in [-0.05, 0) is 30.5 Å². The Kier molecular flexibility index (Phi) is 4.82.